The maximum Gasteiger partial charge on any atom is 0.146 e. The Balaban J connectivity index is 1.08. The second-order valence-corrected chi connectivity index (χ2v) is 13.7. The van der Waals surface area contributed by atoms with E-state index in [1.807, 2.05) is 0 Å². The van der Waals surface area contributed by atoms with Crippen LogP contribution in [0, 0.1) is 0 Å². The van der Waals surface area contributed by atoms with Crippen LogP contribution in [0.5, 0.6) is 0 Å². The quantitative estimate of drug-likeness (QED) is 0.157. The number of para-hydroxylation sites is 4. The lowest BCUT2D eigenvalue weighted by atomic mass is 10.0. The lowest BCUT2D eigenvalue weighted by Crippen LogP contribution is -2.09. The van der Waals surface area contributed by atoms with Gasteiger partial charge in [0, 0.05) is 39.5 Å². The zero-order valence-corrected chi connectivity index (χ0v) is 30.1. The van der Waals surface area contributed by atoms with Crippen molar-refractivity contribution in [1.82, 2.24) is 9.38 Å². The van der Waals surface area contributed by atoms with E-state index in [1.54, 1.807) is 0 Å². The normalized spacial score (nSPS) is 11.3. The third-order valence-electron chi connectivity index (χ3n) is 10.3. The molecule has 0 fully saturated rings. The van der Waals surface area contributed by atoms with Crippen LogP contribution in [-0.2, 0) is 0 Å². The van der Waals surface area contributed by atoms with Crippen LogP contribution in [-0.4, -0.2) is 9.38 Å². The summed E-state index contributed by atoms with van der Waals surface area (Å²) in [6.07, 6.45) is 0. The largest absolute Gasteiger partial charge is 0.311 e. The van der Waals surface area contributed by atoms with Crippen molar-refractivity contribution >= 4 is 61.6 Å². The summed E-state index contributed by atoms with van der Waals surface area (Å²) in [5.41, 5.74) is 14.2. The molecule has 0 unspecified atom stereocenters. The Morgan fingerprint density at radius 1 is 0.345 bits per heavy atom. The van der Waals surface area contributed by atoms with Crippen molar-refractivity contribution in [3.63, 3.8) is 0 Å². The van der Waals surface area contributed by atoms with Crippen molar-refractivity contribution in [2.45, 2.75) is 0 Å². The zero-order chi connectivity index (χ0) is 36.6. The van der Waals surface area contributed by atoms with Crippen molar-refractivity contribution in [3.8, 4) is 22.4 Å². The van der Waals surface area contributed by atoms with Gasteiger partial charge in [-0.2, -0.15) is 0 Å². The van der Waals surface area contributed by atoms with E-state index in [0.717, 1.165) is 84.0 Å². The number of imidazole rings is 1. The molecule has 0 N–H and O–H groups in total. The van der Waals surface area contributed by atoms with Crippen molar-refractivity contribution in [1.29, 1.82) is 0 Å². The van der Waals surface area contributed by atoms with Gasteiger partial charge in [-0.25, -0.2) is 4.98 Å². The van der Waals surface area contributed by atoms with Crippen molar-refractivity contribution in [2.75, 3.05) is 9.80 Å². The molecule has 0 radical (unpaired) electrons. The molecule has 0 aliphatic carbocycles. The Morgan fingerprint density at radius 2 is 0.764 bits per heavy atom. The summed E-state index contributed by atoms with van der Waals surface area (Å²) >= 11 is 0. The first-order chi connectivity index (χ1) is 27.3. The first-order valence-corrected chi connectivity index (χ1v) is 18.6. The van der Waals surface area contributed by atoms with Gasteiger partial charge in [-0.3, -0.25) is 4.40 Å². The van der Waals surface area contributed by atoms with Gasteiger partial charge in [-0.05, 0) is 113 Å². The number of aromatic nitrogens is 2. The lowest BCUT2D eigenvalue weighted by molar-refractivity contribution is 1.24. The van der Waals surface area contributed by atoms with Gasteiger partial charge in [-0.1, -0.05) is 127 Å². The fraction of sp³-hybridized carbons (Fsp3) is 0. The minimum atomic E-state index is 0.955. The van der Waals surface area contributed by atoms with E-state index in [1.165, 1.54) is 0 Å². The first kappa shape index (κ1) is 32.2. The SMILES string of the molecule is c1ccc(N(c2ccccc2)c2ccc(-c3ccc4nc5c6ccccc6cc(-c6ccc(N(c7ccccc7)c7ccccc7)cc6)n5c4c3)cc2)cc1. The molecule has 2 heterocycles. The number of rotatable bonds is 8. The fourth-order valence-electron chi connectivity index (χ4n) is 7.72. The van der Waals surface area contributed by atoms with Crippen LogP contribution < -0.4 is 9.80 Å². The van der Waals surface area contributed by atoms with Crippen LogP contribution in [0.3, 0.4) is 0 Å². The highest BCUT2D eigenvalue weighted by Gasteiger charge is 2.18. The van der Waals surface area contributed by atoms with Gasteiger partial charge in [0.25, 0.3) is 0 Å². The number of fused-ring (bicyclic) bond motifs is 5. The third-order valence-corrected chi connectivity index (χ3v) is 10.3. The van der Waals surface area contributed by atoms with E-state index in [9.17, 15) is 0 Å². The number of benzene rings is 8. The summed E-state index contributed by atoms with van der Waals surface area (Å²) < 4.78 is 2.34. The topological polar surface area (TPSA) is 23.8 Å². The van der Waals surface area contributed by atoms with Crippen molar-refractivity contribution in [3.05, 3.63) is 218 Å². The van der Waals surface area contributed by atoms with Gasteiger partial charge in [0.15, 0.2) is 0 Å². The average Bonchev–Trinajstić information content (AvgIpc) is 3.65. The fourth-order valence-corrected chi connectivity index (χ4v) is 7.72. The Kier molecular flexibility index (Phi) is 8.12. The first-order valence-electron chi connectivity index (χ1n) is 18.6. The standard InChI is InChI=1S/C51H36N4/c1-5-16-41(17-6-1)53(42-18-7-2-8-19-42)45-30-25-37(26-31-45)39-29-34-48-50(35-39)55-49(36-40-15-13-14-24-47(40)51(55)52-48)38-27-32-46(33-28-38)54(43-20-9-3-10-21-43)44-22-11-4-12-23-44/h1-36H. The van der Waals surface area contributed by atoms with Crippen LogP contribution >= 0.6 is 0 Å². The Bertz CT molecular complexity index is 2810. The van der Waals surface area contributed by atoms with E-state index in [4.69, 9.17) is 4.98 Å². The third kappa shape index (κ3) is 5.96. The number of anilines is 6. The lowest BCUT2D eigenvalue weighted by Gasteiger charge is -2.25. The molecule has 0 atom stereocenters. The summed E-state index contributed by atoms with van der Waals surface area (Å²) in [6.45, 7) is 0. The molecule has 55 heavy (non-hydrogen) atoms. The van der Waals surface area contributed by atoms with Crippen LogP contribution in [0.4, 0.5) is 34.1 Å². The number of nitrogens with zero attached hydrogens (tertiary/aromatic N) is 4. The summed E-state index contributed by atoms with van der Waals surface area (Å²) in [6, 6.07) is 77.4. The summed E-state index contributed by atoms with van der Waals surface area (Å²) in [4.78, 5) is 9.83. The highest BCUT2D eigenvalue weighted by atomic mass is 15.1. The molecule has 0 aliphatic heterocycles. The molecule has 0 spiro atoms. The molecular formula is C51H36N4. The molecule has 0 aliphatic rings. The maximum atomic E-state index is 5.24. The average molecular weight is 705 g/mol. The molecule has 10 aromatic rings. The number of hydrogen-bond acceptors (Lipinski definition) is 3. The minimum Gasteiger partial charge on any atom is -0.311 e. The molecule has 10 rings (SSSR count). The van der Waals surface area contributed by atoms with Gasteiger partial charge in [0.1, 0.15) is 5.65 Å². The number of hydrogen-bond donors (Lipinski definition) is 0. The Hall–Kier alpha value is -7.43. The molecular weight excluding hydrogens is 669 g/mol. The van der Waals surface area contributed by atoms with Crippen LogP contribution in [0.2, 0.25) is 0 Å². The van der Waals surface area contributed by atoms with Gasteiger partial charge in [0.2, 0.25) is 0 Å². The summed E-state index contributed by atoms with van der Waals surface area (Å²) in [5.74, 6) is 0. The minimum absolute atomic E-state index is 0.955. The molecule has 0 bridgehead atoms. The van der Waals surface area contributed by atoms with Crippen LogP contribution in [0.15, 0.2) is 218 Å². The molecule has 0 saturated carbocycles. The Morgan fingerprint density at radius 3 is 1.27 bits per heavy atom. The van der Waals surface area contributed by atoms with Gasteiger partial charge in [-0.15, -0.1) is 0 Å². The molecule has 0 saturated heterocycles. The van der Waals surface area contributed by atoms with E-state index in [0.29, 0.717) is 0 Å². The summed E-state index contributed by atoms with van der Waals surface area (Å²) in [7, 11) is 0. The zero-order valence-electron chi connectivity index (χ0n) is 30.1. The van der Waals surface area contributed by atoms with E-state index >= 15 is 0 Å². The smallest absolute Gasteiger partial charge is 0.146 e. The van der Waals surface area contributed by atoms with Gasteiger partial charge < -0.3 is 9.80 Å². The van der Waals surface area contributed by atoms with Crippen molar-refractivity contribution in [2.24, 2.45) is 0 Å². The van der Waals surface area contributed by atoms with Crippen LogP contribution in [0.1, 0.15) is 0 Å². The molecule has 0 amide bonds. The molecule has 4 heteroatoms. The maximum absolute atomic E-state index is 5.24. The van der Waals surface area contributed by atoms with E-state index < -0.39 is 0 Å². The molecule has 4 nitrogen and oxygen atoms in total. The second-order valence-electron chi connectivity index (χ2n) is 13.7. The van der Waals surface area contributed by atoms with Gasteiger partial charge in [0.05, 0.1) is 16.7 Å². The molecule has 260 valence electrons. The van der Waals surface area contributed by atoms with Gasteiger partial charge >= 0.3 is 0 Å². The van der Waals surface area contributed by atoms with Crippen molar-refractivity contribution < 1.29 is 0 Å². The van der Waals surface area contributed by atoms with E-state index in [2.05, 4.69) is 233 Å². The molecule has 2 aromatic heterocycles. The Labute approximate surface area is 320 Å². The predicted octanol–water partition coefficient (Wildman–Crippen LogP) is 13.9. The molecule has 8 aromatic carbocycles. The van der Waals surface area contributed by atoms with Crippen LogP contribution in [0.25, 0.3) is 49.8 Å². The number of pyridine rings is 1. The highest BCUT2D eigenvalue weighted by molar-refractivity contribution is 6.02. The predicted molar refractivity (Wildman–Crippen MR) is 230 cm³/mol. The highest BCUT2D eigenvalue weighted by Crippen LogP contribution is 2.39. The van der Waals surface area contributed by atoms with E-state index in [-0.39, 0.29) is 0 Å². The monoisotopic (exact) mass is 704 g/mol. The summed E-state index contributed by atoms with van der Waals surface area (Å²) in [5, 5.41) is 2.29. The second kappa shape index (κ2) is 13.8.